The second kappa shape index (κ2) is 7.06. The van der Waals surface area contributed by atoms with Crippen molar-refractivity contribution in [3.05, 3.63) is 70.6 Å². The highest BCUT2D eigenvalue weighted by molar-refractivity contribution is 7.15. The maximum atomic E-state index is 11.2. The van der Waals surface area contributed by atoms with Gasteiger partial charge in [0.2, 0.25) is 5.13 Å². The third-order valence-corrected chi connectivity index (χ3v) is 4.27. The van der Waals surface area contributed by atoms with Gasteiger partial charge in [-0.05, 0) is 13.0 Å². The first-order valence-corrected chi connectivity index (χ1v) is 8.11. The molecule has 3 rings (SSSR count). The highest BCUT2D eigenvalue weighted by Crippen LogP contribution is 2.30. The number of nitrogens with one attached hydrogen (secondary N) is 1. The maximum Gasteiger partial charge on any atom is 0.336 e. The van der Waals surface area contributed by atoms with E-state index in [1.807, 2.05) is 37.3 Å². The molecule has 0 radical (unpaired) electrons. The number of hydrogen-bond acceptors (Lipinski definition) is 5. The molecule has 0 atom stereocenters. The van der Waals surface area contributed by atoms with Gasteiger partial charge < -0.3 is 5.11 Å². The molecule has 0 bridgehead atoms. The number of carboxylic acid groups (broad SMARTS) is 1. The lowest BCUT2D eigenvalue weighted by Gasteiger charge is -1.99. The summed E-state index contributed by atoms with van der Waals surface area (Å²) in [5, 5.41) is 13.9. The largest absolute Gasteiger partial charge is 0.478 e. The van der Waals surface area contributed by atoms with Crippen LogP contribution in [-0.2, 0) is 0 Å². The summed E-state index contributed by atoms with van der Waals surface area (Å²) in [5.74, 6) is -0.978. The number of rotatable bonds is 5. The smallest absolute Gasteiger partial charge is 0.336 e. The first kappa shape index (κ1) is 15.9. The highest BCUT2D eigenvalue weighted by Gasteiger charge is 2.09. The Morgan fingerprint density at radius 2 is 1.88 bits per heavy atom. The average Bonchev–Trinajstić information content (AvgIpc) is 2.97. The topological polar surface area (TPSA) is 74.6 Å². The fourth-order valence-corrected chi connectivity index (χ4v) is 3.05. The number of carbonyl (C=O) groups is 1. The highest BCUT2D eigenvalue weighted by atomic mass is 32.1. The normalized spacial score (nSPS) is 10.9. The van der Waals surface area contributed by atoms with Crippen molar-refractivity contribution in [1.29, 1.82) is 0 Å². The minimum atomic E-state index is -0.978. The van der Waals surface area contributed by atoms with E-state index >= 15 is 0 Å². The van der Waals surface area contributed by atoms with Gasteiger partial charge in [0.1, 0.15) is 0 Å². The van der Waals surface area contributed by atoms with Crippen molar-refractivity contribution in [2.75, 3.05) is 5.43 Å². The molecule has 0 aliphatic carbocycles. The van der Waals surface area contributed by atoms with Gasteiger partial charge in [0.25, 0.3) is 0 Å². The van der Waals surface area contributed by atoms with E-state index in [1.165, 1.54) is 17.6 Å². The number of aromatic carboxylic acids is 1. The average molecular weight is 337 g/mol. The molecular weight excluding hydrogens is 322 g/mol. The Balaban J connectivity index is 1.78. The maximum absolute atomic E-state index is 11.2. The van der Waals surface area contributed by atoms with E-state index in [1.54, 1.807) is 24.3 Å². The third kappa shape index (κ3) is 3.49. The van der Waals surface area contributed by atoms with Gasteiger partial charge in [-0.15, -0.1) is 11.3 Å². The standard InChI is InChI=1S/C18H15N3O2S/c1-12-16(13-7-3-2-4-8-13)20-18(24-12)21-19-11-14-9-5-6-10-15(14)17(22)23/h2-11H,1H3,(H,20,21)(H,22,23). The zero-order valence-corrected chi connectivity index (χ0v) is 13.7. The summed E-state index contributed by atoms with van der Waals surface area (Å²) in [6.45, 7) is 2.01. The molecule has 1 aromatic heterocycles. The first-order valence-electron chi connectivity index (χ1n) is 7.29. The molecular formula is C18H15N3O2S. The number of hydrazone groups is 1. The van der Waals surface area contributed by atoms with E-state index in [0.717, 1.165) is 16.1 Å². The van der Waals surface area contributed by atoms with Gasteiger partial charge in [-0.3, -0.25) is 5.43 Å². The van der Waals surface area contributed by atoms with Gasteiger partial charge in [-0.2, -0.15) is 5.10 Å². The van der Waals surface area contributed by atoms with Crippen LogP contribution < -0.4 is 5.43 Å². The Kier molecular flexibility index (Phi) is 4.67. The molecule has 0 spiro atoms. The van der Waals surface area contributed by atoms with Crippen LogP contribution in [0.5, 0.6) is 0 Å². The molecule has 2 N–H and O–H groups in total. The van der Waals surface area contributed by atoms with Crippen LogP contribution in [-0.4, -0.2) is 22.3 Å². The van der Waals surface area contributed by atoms with Gasteiger partial charge in [-0.1, -0.05) is 48.5 Å². The van der Waals surface area contributed by atoms with Crippen LogP contribution in [0.3, 0.4) is 0 Å². The Morgan fingerprint density at radius 1 is 1.17 bits per heavy atom. The van der Waals surface area contributed by atoms with Crippen LogP contribution in [0.15, 0.2) is 59.7 Å². The molecule has 0 aliphatic heterocycles. The Morgan fingerprint density at radius 3 is 2.62 bits per heavy atom. The van der Waals surface area contributed by atoms with Crippen molar-refractivity contribution >= 4 is 28.7 Å². The molecule has 5 nitrogen and oxygen atoms in total. The fourth-order valence-electron chi connectivity index (χ4n) is 2.27. The van der Waals surface area contributed by atoms with Crippen LogP contribution >= 0.6 is 11.3 Å². The Hall–Kier alpha value is -2.99. The molecule has 0 fully saturated rings. The molecule has 1 heterocycles. The van der Waals surface area contributed by atoms with Crippen molar-refractivity contribution < 1.29 is 9.90 Å². The van der Waals surface area contributed by atoms with E-state index in [4.69, 9.17) is 5.11 Å². The molecule has 6 heteroatoms. The molecule has 3 aromatic rings. The van der Waals surface area contributed by atoms with Crippen molar-refractivity contribution in [2.45, 2.75) is 6.92 Å². The van der Waals surface area contributed by atoms with E-state index in [2.05, 4.69) is 15.5 Å². The van der Waals surface area contributed by atoms with Crippen LogP contribution in [0.1, 0.15) is 20.8 Å². The lowest BCUT2D eigenvalue weighted by molar-refractivity contribution is 0.0697. The minimum Gasteiger partial charge on any atom is -0.478 e. The molecule has 0 amide bonds. The van der Waals surface area contributed by atoms with Crippen LogP contribution in [0.4, 0.5) is 5.13 Å². The second-order valence-electron chi connectivity index (χ2n) is 5.05. The number of benzene rings is 2. The predicted molar refractivity (Wildman–Crippen MR) is 96.9 cm³/mol. The Labute approximate surface area is 143 Å². The van der Waals surface area contributed by atoms with Gasteiger partial charge in [-0.25, -0.2) is 9.78 Å². The number of thiazole rings is 1. The molecule has 120 valence electrons. The summed E-state index contributed by atoms with van der Waals surface area (Å²) in [5.41, 5.74) is 5.60. The van der Waals surface area contributed by atoms with E-state index < -0.39 is 5.97 Å². The molecule has 24 heavy (non-hydrogen) atoms. The molecule has 2 aromatic carbocycles. The molecule has 0 saturated carbocycles. The van der Waals surface area contributed by atoms with Gasteiger partial charge in [0.05, 0.1) is 17.5 Å². The van der Waals surface area contributed by atoms with E-state index in [9.17, 15) is 4.79 Å². The number of aryl methyl sites for hydroxylation is 1. The van der Waals surface area contributed by atoms with Crippen molar-refractivity contribution in [2.24, 2.45) is 5.10 Å². The first-order chi connectivity index (χ1) is 11.6. The zero-order chi connectivity index (χ0) is 16.9. The van der Waals surface area contributed by atoms with Gasteiger partial charge >= 0.3 is 5.97 Å². The summed E-state index contributed by atoms with van der Waals surface area (Å²) in [4.78, 5) is 16.8. The fraction of sp³-hybridized carbons (Fsp3) is 0.0556. The molecule has 0 aliphatic rings. The number of nitrogens with zero attached hydrogens (tertiary/aromatic N) is 2. The number of carboxylic acids is 1. The van der Waals surface area contributed by atoms with Gasteiger partial charge in [0, 0.05) is 16.0 Å². The number of aromatic nitrogens is 1. The summed E-state index contributed by atoms with van der Waals surface area (Å²) >= 11 is 1.50. The summed E-state index contributed by atoms with van der Waals surface area (Å²) in [7, 11) is 0. The summed E-state index contributed by atoms with van der Waals surface area (Å²) in [6.07, 6.45) is 1.49. The van der Waals surface area contributed by atoms with Crippen LogP contribution in [0.2, 0.25) is 0 Å². The van der Waals surface area contributed by atoms with Crippen LogP contribution in [0.25, 0.3) is 11.3 Å². The van der Waals surface area contributed by atoms with Crippen LogP contribution in [0, 0.1) is 6.92 Å². The molecule has 0 unspecified atom stereocenters. The van der Waals surface area contributed by atoms with Gasteiger partial charge in [0.15, 0.2) is 0 Å². The minimum absolute atomic E-state index is 0.211. The van der Waals surface area contributed by atoms with Crippen molar-refractivity contribution in [3.8, 4) is 11.3 Å². The van der Waals surface area contributed by atoms with E-state index in [0.29, 0.717) is 10.7 Å². The van der Waals surface area contributed by atoms with Crippen molar-refractivity contribution in [3.63, 3.8) is 0 Å². The lowest BCUT2D eigenvalue weighted by atomic mass is 10.1. The quantitative estimate of drug-likeness (QED) is 0.539. The number of anilines is 1. The Bertz CT molecular complexity index is 888. The SMILES string of the molecule is Cc1sc(NN=Cc2ccccc2C(=O)O)nc1-c1ccccc1. The summed E-state index contributed by atoms with van der Waals surface area (Å²) < 4.78 is 0. The monoisotopic (exact) mass is 337 g/mol. The number of hydrogen-bond donors (Lipinski definition) is 2. The second-order valence-corrected chi connectivity index (χ2v) is 6.26. The predicted octanol–water partition coefficient (Wildman–Crippen LogP) is 4.26. The third-order valence-electron chi connectivity index (χ3n) is 3.40. The van der Waals surface area contributed by atoms with E-state index in [-0.39, 0.29) is 5.56 Å². The van der Waals surface area contributed by atoms with Crippen molar-refractivity contribution in [1.82, 2.24) is 4.98 Å². The lowest BCUT2D eigenvalue weighted by Crippen LogP contribution is -2.02. The molecule has 0 saturated heterocycles. The zero-order valence-electron chi connectivity index (χ0n) is 12.9. The summed E-state index contributed by atoms with van der Waals surface area (Å²) in [6, 6.07) is 16.6.